The second-order valence-corrected chi connectivity index (χ2v) is 2.23. The van der Waals surface area contributed by atoms with Crippen molar-refractivity contribution in [3.63, 3.8) is 0 Å². The van der Waals surface area contributed by atoms with Crippen LogP contribution in [0.5, 0.6) is 0 Å². The lowest BCUT2D eigenvalue weighted by atomic mass is 10.2. The molecule has 1 N–H and O–H groups in total. The third-order valence-electron chi connectivity index (χ3n) is 1.10. The van der Waals surface area contributed by atoms with Gasteiger partial charge in [-0.3, -0.25) is 4.79 Å². The van der Waals surface area contributed by atoms with Crippen LogP contribution in [0, 0.1) is 0 Å². The van der Waals surface area contributed by atoms with Crippen LogP contribution < -0.4 is 5.32 Å². The molecule has 0 aliphatic rings. The predicted molar refractivity (Wildman–Crippen MR) is 33.6 cm³/mol. The molecule has 0 rings (SSSR count). The molecule has 0 radical (unpaired) electrons. The van der Waals surface area contributed by atoms with Gasteiger partial charge in [0.15, 0.2) is 5.79 Å². The molecule has 0 aromatic carbocycles. The quantitative estimate of drug-likeness (QED) is 0.564. The molecule has 0 aromatic heterocycles. The molecule has 0 aliphatic carbocycles. The van der Waals surface area contributed by atoms with E-state index in [9.17, 15) is 9.18 Å². The zero-order valence-electron chi connectivity index (χ0n) is 5.99. The van der Waals surface area contributed by atoms with E-state index in [2.05, 4.69) is 5.32 Å². The zero-order chi connectivity index (χ0) is 7.49. The summed E-state index contributed by atoms with van der Waals surface area (Å²) in [5.41, 5.74) is 0. The molecule has 1 amide bonds. The Morgan fingerprint density at radius 2 is 2.22 bits per heavy atom. The van der Waals surface area contributed by atoms with E-state index in [4.69, 9.17) is 0 Å². The van der Waals surface area contributed by atoms with Crippen molar-refractivity contribution in [2.45, 2.75) is 33.0 Å². The van der Waals surface area contributed by atoms with Gasteiger partial charge in [0.2, 0.25) is 5.91 Å². The molecule has 0 heterocycles. The molecule has 0 aliphatic heterocycles. The maximum Gasteiger partial charge on any atom is 0.219 e. The number of carbonyl (C=O) groups is 1. The van der Waals surface area contributed by atoms with E-state index in [1.807, 2.05) is 0 Å². The van der Waals surface area contributed by atoms with Crippen molar-refractivity contribution in [2.75, 3.05) is 0 Å². The number of nitrogens with one attached hydrogen (secondary N) is 1. The molecule has 0 saturated carbocycles. The van der Waals surface area contributed by atoms with Gasteiger partial charge in [0.1, 0.15) is 0 Å². The first kappa shape index (κ1) is 8.40. The highest BCUT2D eigenvalue weighted by Gasteiger charge is 2.19. The number of halogens is 1. The Hall–Kier alpha value is -0.600. The van der Waals surface area contributed by atoms with E-state index in [1.165, 1.54) is 13.8 Å². The van der Waals surface area contributed by atoms with Gasteiger partial charge in [-0.15, -0.1) is 0 Å². The minimum atomic E-state index is -1.54. The molecule has 1 atom stereocenters. The van der Waals surface area contributed by atoms with Crippen LogP contribution in [0.1, 0.15) is 27.2 Å². The van der Waals surface area contributed by atoms with Gasteiger partial charge in [0.25, 0.3) is 0 Å². The van der Waals surface area contributed by atoms with Crippen LogP contribution in [0.25, 0.3) is 0 Å². The Morgan fingerprint density at radius 3 is 2.33 bits per heavy atom. The molecule has 0 unspecified atom stereocenters. The number of hydrogen-bond donors (Lipinski definition) is 1. The van der Waals surface area contributed by atoms with E-state index in [0.717, 1.165) is 0 Å². The normalized spacial score (nSPS) is 16.4. The summed E-state index contributed by atoms with van der Waals surface area (Å²) in [5, 5.41) is 2.16. The fraction of sp³-hybridized carbons (Fsp3) is 0.833. The highest BCUT2D eigenvalue weighted by atomic mass is 19.1. The van der Waals surface area contributed by atoms with Crippen LogP contribution >= 0.6 is 0 Å². The molecule has 0 aromatic rings. The second kappa shape index (κ2) is 2.80. The standard InChI is InChI=1S/C6H12FNO/c1-4-6(3,7)8-5(2)9/h4H2,1-3H3,(H,8,9)/t6-/m0/s1. The first-order valence-electron chi connectivity index (χ1n) is 2.95. The Kier molecular flexibility index (Phi) is 2.62. The van der Waals surface area contributed by atoms with Crippen molar-refractivity contribution in [3.8, 4) is 0 Å². The molecule has 54 valence electrons. The van der Waals surface area contributed by atoms with E-state index in [1.54, 1.807) is 6.92 Å². The average molecular weight is 133 g/mol. The van der Waals surface area contributed by atoms with E-state index >= 15 is 0 Å². The molecule has 3 heteroatoms. The lowest BCUT2D eigenvalue weighted by Gasteiger charge is -2.18. The molecular weight excluding hydrogens is 121 g/mol. The maximum atomic E-state index is 12.7. The average Bonchev–Trinajstić information content (AvgIpc) is 1.63. The highest BCUT2D eigenvalue weighted by molar-refractivity contribution is 5.73. The minimum absolute atomic E-state index is 0.298. The predicted octanol–water partition coefficient (Wildman–Crippen LogP) is 1.22. The summed E-state index contributed by atoms with van der Waals surface area (Å²) in [6.07, 6.45) is 0.298. The smallest absolute Gasteiger partial charge is 0.219 e. The summed E-state index contributed by atoms with van der Waals surface area (Å²) >= 11 is 0. The third-order valence-corrected chi connectivity index (χ3v) is 1.10. The number of rotatable bonds is 2. The molecule has 9 heavy (non-hydrogen) atoms. The molecule has 0 saturated heterocycles. The SMILES string of the molecule is CC[C@@](C)(F)NC(C)=O. The van der Waals surface area contributed by atoms with E-state index in [-0.39, 0.29) is 5.91 Å². The topological polar surface area (TPSA) is 29.1 Å². The molecule has 2 nitrogen and oxygen atoms in total. The van der Waals surface area contributed by atoms with Gasteiger partial charge < -0.3 is 5.32 Å². The van der Waals surface area contributed by atoms with Crippen LogP contribution in [0.3, 0.4) is 0 Å². The van der Waals surface area contributed by atoms with Crippen LogP contribution in [-0.2, 0) is 4.79 Å². The van der Waals surface area contributed by atoms with Crippen molar-refractivity contribution < 1.29 is 9.18 Å². The highest BCUT2D eigenvalue weighted by Crippen LogP contribution is 2.08. The molecule has 0 bridgehead atoms. The fourth-order valence-electron chi connectivity index (χ4n) is 0.455. The molecule has 0 fully saturated rings. The van der Waals surface area contributed by atoms with E-state index in [0.29, 0.717) is 6.42 Å². The van der Waals surface area contributed by atoms with Crippen LogP contribution in [0.2, 0.25) is 0 Å². The van der Waals surface area contributed by atoms with Crippen LogP contribution in [-0.4, -0.2) is 11.7 Å². The summed E-state index contributed by atoms with van der Waals surface area (Å²) in [4.78, 5) is 10.3. The molecular formula is C6H12FNO. The van der Waals surface area contributed by atoms with E-state index < -0.39 is 5.79 Å². The summed E-state index contributed by atoms with van der Waals surface area (Å²) in [7, 11) is 0. The van der Waals surface area contributed by atoms with Crippen molar-refractivity contribution in [1.29, 1.82) is 0 Å². The van der Waals surface area contributed by atoms with Crippen molar-refractivity contribution in [2.24, 2.45) is 0 Å². The zero-order valence-corrected chi connectivity index (χ0v) is 5.99. The van der Waals surface area contributed by atoms with Gasteiger partial charge in [-0.1, -0.05) is 6.92 Å². The summed E-state index contributed by atoms with van der Waals surface area (Å²) in [6, 6.07) is 0. The third kappa shape index (κ3) is 3.94. The first-order chi connectivity index (χ1) is 3.98. The Bertz CT molecular complexity index is 112. The Labute approximate surface area is 54.4 Å². The first-order valence-corrected chi connectivity index (χ1v) is 2.95. The maximum absolute atomic E-state index is 12.7. The lowest BCUT2D eigenvalue weighted by Crippen LogP contribution is -2.40. The van der Waals surface area contributed by atoms with Gasteiger partial charge >= 0.3 is 0 Å². The Morgan fingerprint density at radius 1 is 1.78 bits per heavy atom. The van der Waals surface area contributed by atoms with Gasteiger partial charge in [-0.25, -0.2) is 4.39 Å². The van der Waals surface area contributed by atoms with Gasteiger partial charge in [-0.2, -0.15) is 0 Å². The molecule has 0 spiro atoms. The monoisotopic (exact) mass is 133 g/mol. The van der Waals surface area contributed by atoms with Crippen LogP contribution in [0.15, 0.2) is 0 Å². The van der Waals surface area contributed by atoms with Gasteiger partial charge in [0.05, 0.1) is 0 Å². The summed E-state index contributed by atoms with van der Waals surface area (Å²) < 4.78 is 12.7. The summed E-state index contributed by atoms with van der Waals surface area (Å²) in [5.74, 6) is -1.87. The van der Waals surface area contributed by atoms with Gasteiger partial charge in [-0.05, 0) is 13.3 Å². The fourth-order valence-corrected chi connectivity index (χ4v) is 0.455. The number of hydrogen-bond acceptors (Lipinski definition) is 1. The lowest BCUT2D eigenvalue weighted by molar-refractivity contribution is -0.122. The number of carbonyl (C=O) groups excluding carboxylic acids is 1. The largest absolute Gasteiger partial charge is 0.325 e. The Balaban J connectivity index is 3.71. The van der Waals surface area contributed by atoms with Crippen molar-refractivity contribution in [3.05, 3.63) is 0 Å². The van der Waals surface area contributed by atoms with Crippen molar-refractivity contribution >= 4 is 5.91 Å². The van der Waals surface area contributed by atoms with Crippen molar-refractivity contribution in [1.82, 2.24) is 5.32 Å². The number of amides is 1. The second-order valence-electron chi connectivity index (χ2n) is 2.23. The van der Waals surface area contributed by atoms with Crippen LogP contribution in [0.4, 0.5) is 4.39 Å². The van der Waals surface area contributed by atoms with Gasteiger partial charge in [0, 0.05) is 6.92 Å². The minimum Gasteiger partial charge on any atom is -0.325 e. The summed E-state index contributed by atoms with van der Waals surface area (Å²) in [6.45, 7) is 4.32. The number of alkyl halides is 1.